The van der Waals surface area contributed by atoms with E-state index in [2.05, 4.69) is 15.5 Å². The van der Waals surface area contributed by atoms with Gasteiger partial charge in [0.25, 0.3) is 11.5 Å². The average molecular weight is 336 g/mol. The molecule has 0 aliphatic rings. The predicted molar refractivity (Wildman–Crippen MR) is 94.8 cm³/mol. The third kappa shape index (κ3) is 3.12. The number of hydrazone groups is 1. The number of hydrogen-bond donors (Lipinski definition) is 2. The van der Waals surface area contributed by atoms with Gasteiger partial charge in [-0.2, -0.15) is 5.10 Å². The Kier molecular flexibility index (Phi) is 4.56. The fourth-order valence-electron chi connectivity index (χ4n) is 2.58. The Morgan fingerprint density at radius 1 is 1.32 bits per heavy atom. The molecular formula is C18H16N4O3. The summed E-state index contributed by atoms with van der Waals surface area (Å²) in [6.45, 7) is 2.17. The zero-order valence-corrected chi connectivity index (χ0v) is 13.5. The molecule has 3 rings (SSSR count). The van der Waals surface area contributed by atoms with Gasteiger partial charge in [-0.15, -0.1) is 0 Å². The number of aromatic nitrogens is 2. The molecule has 126 valence electrons. The molecule has 1 aromatic carbocycles. The minimum absolute atomic E-state index is 0.330. The van der Waals surface area contributed by atoms with Crippen molar-refractivity contribution < 1.29 is 9.90 Å². The fourth-order valence-corrected chi connectivity index (χ4v) is 2.58. The van der Waals surface area contributed by atoms with Gasteiger partial charge in [-0.1, -0.05) is 18.2 Å². The van der Waals surface area contributed by atoms with E-state index in [4.69, 9.17) is 0 Å². The van der Waals surface area contributed by atoms with Crippen LogP contribution in [0.15, 0.2) is 58.7 Å². The van der Waals surface area contributed by atoms with E-state index < -0.39 is 11.5 Å². The van der Waals surface area contributed by atoms with Crippen molar-refractivity contribution in [2.75, 3.05) is 0 Å². The lowest BCUT2D eigenvalue weighted by atomic mass is 10.1. The smallest absolute Gasteiger partial charge is 0.280 e. The summed E-state index contributed by atoms with van der Waals surface area (Å²) in [5, 5.41) is 14.6. The molecule has 2 heterocycles. The lowest BCUT2D eigenvalue weighted by molar-refractivity contribution is 0.0950. The number of nitrogens with zero attached hydrogens (tertiary/aromatic N) is 3. The van der Waals surface area contributed by atoms with Crippen molar-refractivity contribution in [3.63, 3.8) is 0 Å². The van der Waals surface area contributed by atoms with Crippen LogP contribution in [0.25, 0.3) is 10.9 Å². The summed E-state index contributed by atoms with van der Waals surface area (Å²) < 4.78 is 1.44. The normalized spacial score (nSPS) is 11.1. The first kappa shape index (κ1) is 16.4. The summed E-state index contributed by atoms with van der Waals surface area (Å²) in [6, 6.07) is 10.4. The second-order valence-corrected chi connectivity index (χ2v) is 5.28. The first-order valence-electron chi connectivity index (χ1n) is 7.71. The number of fused-ring (bicyclic) bond motifs is 1. The molecule has 7 nitrogen and oxygen atoms in total. The molecule has 0 radical (unpaired) electrons. The summed E-state index contributed by atoms with van der Waals surface area (Å²) in [7, 11) is 0. The van der Waals surface area contributed by atoms with E-state index in [1.807, 2.05) is 0 Å². The molecule has 0 spiro atoms. The number of pyridine rings is 2. The molecule has 0 saturated heterocycles. The molecule has 2 N–H and O–H groups in total. The Bertz CT molecular complexity index is 1010. The van der Waals surface area contributed by atoms with Crippen molar-refractivity contribution in [3.05, 3.63) is 70.3 Å². The maximum Gasteiger partial charge on any atom is 0.280 e. The number of aromatic hydroxyl groups is 1. The minimum atomic E-state index is -0.768. The van der Waals surface area contributed by atoms with E-state index in [1.54, 1.807) is 55.7 Å². The van der Waals surface area contributed by atoms with Crippen LogP contribution in [0, 0.1) is 0 Å². The SMILES string of the molecule is CCn1c(=O)c(C(=O)NN=Cc2cccnc2)c(O)c2ccccc21. The van der Waals surface area contributed by atoms with Crippen molar-refractivity contribution in [1.82, 2.24) is 15.0 Å². The third-order valence-corrected chi connectivity index (χ3v) is 3.75. The van der Waals surface area contributed by atoms with Crippen LogP contribution >= 0.6 is 0 Å². The van der Waals surface area contributed by atoms with Crippen LogP contribution in [0.4, 0.5) is 0 Å². The molecular weight excluding hydrogens is 320 g/mol. The number of aryl methyl sites for hydroxylation is 1. The summed E-state index contributed by atoms with van der Waals surface area (Å²) >= 11 is 0. The highest BCUT2D eigenvalue weighted by atomic mass is 16.3. The fraction of sp³-hybridized carbons (Fsp3) is 0.111. The zero-order valence-electron chi connectivity index (χ0n) is 13.5. The number of para-hydroxylation sites is 1. The molecule has 1 amide bonds. The van der Waals surface area contributed by atoms with Gasteiger partial charge in [0.1, 0.15) is 11.3 Å². The van der Waals surface area contributed by atoms with Gasteiger partial charge in [-0.3, -0.25) is 14.6 Å². The van der Waals surface area contributed by atoms with Gasteiger partial charge in [-0.05, 0) is 25.1 Å². The van der Waals surface area contributed by atoms with Crippen molar-refractivity contribution in [3.8, 4) is 5.75 Å². The molecule has 2 aromatic heterocycles. The van der Waals surface area contributed by atoms with E-state index in [0.717, 1.165) is 0 Å². The van der Waals surface area contributed by atoms with Gasteiger partial charge in [0.05, 0.1) is 11.7 Å². The largest absolute Gasteiger partial charge is 0.506 e. The number of carbonyl (C=O) groups is 1. The van der Waals surface area contributed by atoms with Gasteiger partial charge in [0, 0.05) is 29.9 Å². The highest BCUT2D eigenvalue weighted by molar-refractivity contribution is 6.02. The molecule has 0 atom stereocenters. The van der Waals surface area contributed by atoms with Gasteiger partial charge < -0.3 is 9.67 Å². The van der Waals surface area contributed by atoms with Crippen molar-refractivity contribution >= 4 is 23.0 Å². The number of nitrogens with one attached hydrogen (secondary N) is 1. The Labute approximate surface area is 143 Å². The quantitative estimate of drug-likeness (QED) is 0.561. The summed E-state index contributed by atoms with van der Waals surface area (Å²) in [4.78, 5) is 28.9. The molecule has 0 fully saturated rings. The maximum atomic E-state index is 12.6. The highest BCUT2D eigenvalue weighted by Crippen LogP contribution is 2.26. The number of amides is 1. The molecule has 0 aliphatic carbocycles. The van der Waals surface area contributed by atoms with Crippen LogP contribution in [0.2, 0.25) is 0 Å². The van der Waals surface area contributed by atoms with Crippen LogP contribution in [-0.2, 0) is 6.54 Å². The van der Waals surface area contributed by atoms with E-state index in [1.165, 1.54) is 10.8 Å². The molecule has 0 saturated carbocycles. The standard InChI is InChI=1S/C18H16N4O3/c1-2-22-14-8-4-3-7-13(14)16(23)15(18(22)25)17(24)21-20-11-12-6-5-9-19-10-12/h3-11,23H,2H2,1H3,(H,21,24). The second-order valence-electron chi connectivity index (χ2n) is 5.28. The predicted octanol–water partition coefficient (Wildman–Crippen LogP) is 1.89. The van der Waals surface area contributed by atoms with Crippen LogP contribution < -0.4 is 11.0 Å². The van der Waals surface area contributed by atoms with Gasteiger partial charge in [0.15, 0.2) is 0 Å². The van der Waals surface area contributed by atoms with Crippen molar-refractivity contribution in [2.24, 2.45) is 5.10 Å². The number of hydrogen-bond acceptors (Lipinski definition) is 5. The van der Waals surface area contributed by atoms with Crippen LogP contribution in [0.3, 0.4) is 0 Å². The van der Waals surface area contributed by atoms with Crippen LogP contribution in [-0.4, -0.2) is 26.8 Å². The van der Waals surface area contributed by atoms with E-state index in [0.29, 0.717) is 23.0 Å². The molecule has 25 heavy (non-hydrogen) atoms. The first-order chi connectivity index (χ1) is 12.1. The summed E-state index contributed by atoms with van der Waals surface area (Å²) in [6.07, 6.45) is 4.60. The highest BCUT2D eigenvalue weighted by Gasteiger charge is 2.21. The van der Waals surface area contributed by atoms with Crippen LogP contribution in [0.1, 0.15) is 22.8 Å². The molecule has 0 bridgehead atoms. The Hall–Kier alpha value is -3.48. The van der Waals surface area contributed by atoms with Gasteiger partial charge >= 0.3 is 0 Å². The first-order valence-corrected chi connectivity index (χ1v) is 7.71. The van der Waals surface area contributed by atoms with Crippen LogP contribution in [0.5, 0.6) is 5.75 Å². The maximum absolute atomic E-state index is 12.6. The lowest BCUT2D eigenvalue weighted by Gasteiger charge is -2.12. The van der Waals surface area contributed by atoms with E-state index in [9.17, 15) is 14.7 Å². The second kappa shape index (κ2) is 6.96. The number of benzene rings is 1. The monoisotopic (exact) mass is 336 g/mol. The molecule has 7 heteroatoms. The number of rotatable bonds is 4. The third-order valence-electron chi connectivity index (χ3n) is 3.75. The molecule has 0 aliphatic heterocycles. The van der Waals surface area contributed by atoms with Crippen molar-refractivity contribution in [1.29, 1.82) is 0 Å². The van der Waals surface area contributed by atoms with Crippen molar-refractivity contribution in [2.45, 2.75) is 13.5 Å². The minimum Gasteiger partial charge on any atom is -0.506 e. The zero-order chi connectivity index (χ0) is 17.8. The average Bonchev–Trinajstić information content (AvgIpc) is 2.63. The molecule has 0 unspecified atom stereocenters. The van der Waals surface area contributed by atoms with E-state index in [-0.39, 0.29) is 11.3 Å². The summed E-state index contributed by atoms with van der Waals surface area (Å²) in [5.41, 5.74) is 2.65. The number of carbonyl (C=O) groups excluding carboxylic acids is 1. The topological polar surface area (TPSA) is 96.6 Å². The van der Waals surface area contributed by atoms with Gasteiger partial charge in [-0.25, -0.2) is 5.43 Å². The Morgan fingerprint density at radius 2 is 2.12 bits per heavy atom. The molecule has 3 aromatic rings. The van der Waals surface area contributed by atoms with Gasteiger partial charge in [0.2, 0.25) is 0 Å². The Morgan fingerprint density at radius 3 is 2.84 bits per heavy atom. The lowest BCUT2D eigenvalue weighted by Crippen LogP contribution is -2.31. The summed E-state index contributed by atoms with van der Waals surface area (Å²) in [5.74, 6) is -1.12. The van der Waals surface area contributed by atoms with E-state index >= 15 is 0 Å². The Balaban J connectivity index is 1.99.